The van der Waals surface area contributed by atoms with Crippen molar-refractivity contribution in [3.05, 3.63) is 58.2 Å². The number of alkyl halides is 2. The molecule has 1 unspecified atom stereocenters. The van der Waals surface area contributed by atoms with Crippen LogP contribution in [0.25, 0.3) is 10.8 Å². The Kier molecular flexibility index (Phi) is 7.48. The fourth-order valence-corrected chi connectivity index (χ4v) is 6.32. The van der Waals surface area contributed by atoms with Gasteiger partial charge in [-0.2, -0.15) is 15.2 Å². The Hall–Kier alpha value is -3.10. The van der Waals surface area contributed by atoms with E-state index in [0.717, 1.165) is 27.6 Å². The minimum absolute atomic E-state index is 0.0122. The Morgan fingerprint density at radius 1 is 1.25 bits per heavy atom. The highest BCUT2D eigenvalue weighted by Crippen LogP contribution is 2.39. The van der Waals surface area contributed by atoms with Crippen molar-refractivity contribution in [3.8, 4) is 12.1 Å². The number of likely N-dealkylation sites (tertiary alicyclic amines) is 1. The Morgan fingerprint density at radius 3 is 2.85 bits per heavy atom. The van der Waals surface area contributed by atoms with Gasteiger partial charge in [-0.05, 0) is 24.1 Å². The maximum absolute atomic E-state index is 14.0. The number of nitriles is 1. The van der Waals surface area contributed by atoms with Gasteiger partial charge >= 0.3 is 6.01 Å². The average molecular weight is 569 g/mol. The molecule has 40 heavy (non-hydrogen) atoms. The minimum atomic E-state index is -2.73. The molecular formula is C29H31ClF2N6O2. The fraction of sp³-hybridized carbons (Fsp3) is 0.483. The van der Waals surface area contributed by atoms with E-state index in [4.69, 9.17) is 31.0 Å². The number of piperazine rings is 1. The van der Waals surface area contributed by atoms with Gasteiger partial charge in [0.1, 0.15) is 12.4 Å². The molecule has 11 heteroatoms. The number of halogens is 3. The summed E-state index contributed by atoms with van der Waals surface area (Å²) in [6.07, 6.45) is 0.337. The van der Waals surface area contributed by atoms with Crippen LogP contribution in [0.4, 0.5) is 14.6 Å². The topological polar surface area (TPSA) is 86.5 Å². The molecule has 3 aliphatic heterocycles. The number of aromatic nitrogens is 2. The summed E-state index contributed by atoms with van der Waals surface area (Å²) in [6, 6.07) is 13.9. The van der Waals surface area contributed by atoms with Crippen LogP contribution in [0.3, 0.4) is 0 Å². The van der Waals surface area contributed by atoms with E-state index < -0.39 is 12.0 Å². The van der Waals surface area contributed by atoms with Gasteiger partial charge < -0.3 is 19.7 Å². The van der Waals surface area contributed by atoms with Gasteiger partial charge in [0.2, 0.25) is 0 Å². The van der Waals surface area contributed by atoms with Crippen molar-refractivity contribution in [2.24, 2.45) is 0 Å². The Bertz CT molecular complexity index is 1440. The maximum Gasteiger partial charge on any atom is 0.318 e. The molecule has 4 heterocycles. The van der Waals surface area contributed by atoms with Crippen LogP contribution in [0.1, 0.15) is 35.8 Å². The summed E-state index contributed by atoms with van der Waals surface area (Å²) in [6.45, 7) is 2.11. The number of ether oxygens (including phenoxy) is 2. The fourth-order valence-electron chi connectivity index (χ4n) is 6.03. The second-order valence-electron chi connectivity index (χ2n) is 10.8. The first kappa shape index (κ1) is 27.1. The summed E-state index contributed by atoms with van der Waals surface area (Å²) in [4.78, 5) is 13.3. The molecule has 0 spiro atoms. The van der Waals surface area contributed by atoms with Crippen LogP contribution in [0, 0.1) is 11.3 Å². The molecule has 0 amide bonds. The monoisotopic (exact) mass is 568 g/mol. The highest BCUT2D eigenvalue weighted by atomic mass is 35.5. The summed E-state index contributed by atoms with van der Waals surface area (Å²) in [5.74, 6) is -2.02. The number of nitrogens with zero attached hydrogens (tertiary/aromatic N) is 5. The smallest absolute Gasteiger partial charge is 0.318 e. The van der Waals surface area contributed by atoms with Crippen molar-refractivity contribution >= 4 is 28.2 Å². The van der Waals surface area contributed by atoms with Crippen molar-refractivity contribution in [2.45, 2.75) is 50.0 Å². The van der Waals surface area contributed by atoms with Gasteiger partial charge in [0.25, 0.3) is 5.92 Å². The summed E-state index contributed by atoms with van der Waals surface area (Å²) in [7, 11) is 1.68. The minimum Gasteiger partial charge on any atom is -0.462 e. The van der Waals surface area contributed by atoms with Gasteiger partial charge in [-0.3, -0.25) is 4.90 Å². The van der Waals surface area contributed by atoms with E-state index in [2.05, 4.69) is 16.3 Å². The molecular weight excluding hydrogens is 538 g/mol. The normalized spacial score (nSPS) is 24.6. The molecule has 3 atom stereocenters. The van der Waals surface area contributed by atoms with Crippen molar-refractivity contribution in [1.29, 1.82) is 5.26 Å². The highest BCUT2D eigenvalue weighted by Gasteiger charge is 2.43. The predicted octanol–water partition coefficient (Wildman–Crippen LogP) is 4.51. The van der Waals surface area contributed by atoms with Crippen LogP contribution in [-0.4, -0.2) is 72.7 Å². The number of hydrogen-bond donors (Lipinski definition) is 1. The standard InChI is InChI=1S/C29H31ClF2N6O2/c1-37-17-29(31,32)13-20(37)15-40-28-35-24-12-25(21-6-2-4-18-5-3-7-23(30)26(18)21)39-16-22(24)27(36-28)38-11-10-34-19(14-38)8-9-33/h2-7,19-20,25,34H,8,10-17H2,1H3/t19-,20-,25?/m0/s1. The zero-order chi connectivity index (χ0) is 27.9. The lowest BCUT2D eigenvalue weighted by molar-refractivity contribution is 0.0136. The van der Waals surface area contributed by atoms with Crippen LogP contribution in [-0.2, 0) is 17.8 Å². The quantitative estimate of drug-likeness (QED) is 0.465. The molecule has 0 bridgehead atoms. The summed E-state index contributed by atoms with van der Waals surface area (Å²) >= 11 is 6.61. The van der Waals surface area contributed by atoms with E-state index in [9.17, 15) is 14.0 Å². The van der Waals surface area contributed by atoms with Crippen molar-refractivity contribution in [1.82, 2.24) is 20.2 Å². The lowest BCUT2D eigenvalue weighted by Crippen LogP contribution is -2.51. The lowest BCUT2D eigenvalue weighted by Gasteiger charge is -2.36. The molecule has 210 valence electrons. The van der Waals surface area contributed by atoms with Crippen molar-refractivity contribution in [3.63, 3.8) is 0 Å². The van der Waals surface area contributed by atoms with Crippen LogP contribution in [0.5, 0.6) is 6.01 Å². The van der Waals surface area contributed by atoms with Crippen LogP contribution >= 0.6 is 11.6 Å². The third kappa shape index (κ3) is 5.44. The first-order chi connectivity index (χ1) is 19.3. The molecule has 1 N–H and O–H groups in total. The van der Waals surface area contributed by atoms with Crippen LogP contribution < -0.4 is 15.0 Å². The zero-order valence-electron chi connectivity index (χ0n) is 22.2. The summed E-state index contributed by atoms with van der Waals surface area (Å²) in [5.41, 5.74) is 2.68. The third-order valence-corrected chi connectivity index (χ3v) is 8.34. The van der Waals surface area contributed by atoms with Crippen molar-refractivity contribution < 1.29 is 18.3 Å². The number of benzene rings is 2. The molecule has 6 rings (SSSR count). The molecule has 0 aliphatic carbocycles. The Balaban J connectivity index is 1.33. The molecule has 2 aromatic carbocycles. The zero-order valence-corrected chi connectivity index (χ0v) is 23.0. The first-order valence-electron chi connectivity index (χ1n) is 13.6. The number of rotatable bonds is 6. The first-order valence-corrected chi connectivity index (χ1v) is 13.9. The highest BCUT2D eigenvalue weighted by molar-refractivity contribution is 6.35. The van der Waals surface area contributed by atoms with E-state index in [1.54, 1.807) is 11.9 Å². The number of hydrogen-bond acceptors (Lipinski definition) is 8. The van der Waals surface area contributed by atoms with Gasteiger partial charge in [0, 0.05) is 60.5 Å². The van der Waals surface area contributed by atoms with Crippen LogP contribution in [0.15, 0.2) is 36.4 Å². The third-order valence-electron chi connectivity index (χ3n) is 8.03. The predicted molar refractivity (Wildman–Crippen MR) is 148 cm³/mol. The Morgan fingerprint density at radius 2 is 2.08 bits per heavy atom. The number of fused-ring (bicyclic) bond motifs is 2. The van der Waals surface area contributed by atoms with E-state index in [1.807, 2.05) is 36.4 Å². The van der Waals surface area contributed by atoms with Gasteiger partial charge in [-0.1, -0.05) is 41.9 Å². The second-order valence-corrected chi connectivity index (χ2v) is 11.3. The molecule has 3 aromatic rings. The van der Waals surface area contributed by atoms with E-state index in [0.29, 0.717) is 49.9 Å². The molecule has 2 fully saturated rings. The van der Waals surface area contributed by atoms with E-state index in [-0.39, 0.29) is 37.7 Å². The van der Waals surface area contributed by atoms with Gasteiger partial charge in [-0.15, -0.1) is 0 Å². The molecule has 1 aromatic heterocycles. The van der Waals surface area contributed by atoms with Crippen LogP contribution in [0.2, 0.25) is 5.02 Å². The summed E-state index contributed by atoms with van der Waals surface area (Å²) < 4.78 is 40.3. The van der Waals surface area contributed by atoms with E-state index in [1.165, 1.54) is 0 Å². The maximum atomic E-state index is 14.0. The lowest BCUT2D eigenvalue weighted by atomic mass is 9.94. The van der Waals surface area contributed by atoms with Gasteiger partial charge in [0.05, 0.1) is 37.4 Å². The molecule has 0 radical (unpaired) electrons. The second kappa shape index (κ2) is 11.1. The number of likely N-dealkylation sites (N-methyl/N-ethyl adjacent to an activating group) is 1. The molecule has 2 saturated heterocycles. The van der Waals surface area contributed by atoms with Gasteiger partial charge in [0.15, 0.2) is 0 Å². The summed E-state index contributed by atoms with van der Waals surface area (Å²) in [5, 5.41) is 15.3. The number of anilines is 1. The van der Waals surface area contributed by atoms with Gasteiger partial charge in [-0.25, -0.2) is 8.78 Å². The average Bonchev–Trinajstić information content (AvgIpc) is 3.22. The molecule has 8 nitrogen and oxygen atoms in total. The Labute approximate surface area is 236 Å². The number of nitrogens with one attached hydrogen (secondary N) is 1. The largest absolute Gasteiger partial charge is 0.462 e. The molecule has 3 aliphatic rings. The molecule has 0 saturated carbocycles. The SMILES string of the molecule is CN1CC(F)(F)C[C@H]1COc1nc2c(c(N3CCN[C@@H](CC#N)C3)n1)COC(c1cccc3cccc(Cl)c13)C2. The van der Waals surface area contributed by atoms with E-state index >= 15 is 0 Å². The van der Waals surface area contributed by atoms with Crippen molar-refractivity contribution in [2.75, 3.05) is 44.7 Å².